The van der Waals surface area contributed by atoms with Crippen LogP contribution in [0.25, 0.3) is 0 Å². The molecule has 0 spiro atoms. The van der Waals surface area contributed by atoms with Crippen molar-refractivity contribution in [2.75, 3.05) is 20.8 Å². The zero-order chi connectivity index (χ0) is 14.4. The third kappa shape index (κ3) is 3.92. The molecule has 0 aromatic heterocycles. The van der Waals surface area contributed by atoms with Gasteiger partial charge in [0.15, 0.2) is 0 Å². The van der Waals surface area contributed by atoms with Gasteiger partial charge in [0.25, 0.3) is 0 Å². The van der Waals surface area contributed by atoms with Gasteiger partial charge >= 0.3 is 0 Å². The number of methoxy groups -OCH3 is 1. The molecule has 0 fully saturated rings. The average Bonchev–Trinajstić information content (AvgIpc) is 2.47. The van der Waals surface area contributed by atoms with Crippen LogP contribution >= 0.6 is 15.9 Å². The highest BCUT2D eigenvalue weighted by Crippen LogP contribution is 2.24. The lowest BCUT2D eigenvalue weighted by Gasteiger charge is -2.18. The highest BCUT2D eigenvalue weighted by Gasteiger charge is 2.11. The number of hydrogen-bond acceptors (Lipinski definition) is 2. The topological polar surface area (TPSA) is 21.3 Å². The van der Waals surface area contributed by atoms with Crippen LogP contribution in [0.1, 0.15) is 22.7 Å². The molecule has 0 amide bonds. The molecule has 1 atom stereocenters. The Morgan fingerprint density at radius 2 is 1.85 bits per heavy atom. The molecule has 0 heterocycles. The summed E-state index contributed by atoms with van der Waals surface area (Å²) >= 11 is 3.53. The number of rotatable bonds is 6. The molecule has 1 unspecified atom stereocenters. The van der Waals surface area contributed by atoms with E-state index in [-0.39, 0.29) is 6.04 Å². The molecule has 3 heteroatoms. The second kappa shape index (κ2) is 7.58. The lowest BCUT2D eigenvalue weighted by Crippen LogP contribution is -2.17. The first-order chi connectivity index (χ1) is 9.74. The summed E-state index contributed by atoms with van der Waals surface area (Å²) in [5.41, 5.74) is 3.83. The van der Waals surface area contributed by atoms with Crippen molar-refractivity contribution < 1.29 is 4.74 Å². The van der Waals surface area contributed by atoms with E-state index in [0.29, 0.717) is 0 Å². The van der Waals surface area contributed by atoms with E-state index in [1.165, 1.54) is 16.7 Å². The van der Waals surface area contributed by atoms with Gasteiger partial charge in [0, 0.05) is 11.6 Å². The minimum atomic E-state index is 0.212. The molecule has 0 saturated carbocycles. The van der Waals surface area contributed by atoms with E-state index in [1.807, 2.05) is 13.1 Å². The summed E-state index contributed by atoms with van der Waals surface area (Å²) in [6, 6.07) is 17.3. The summed E-state index contributed by atoms with van der Waals surface area (Å²) in [6.45, 7) is 0.764. The number of benzene rings is 2. The van der Waals surface area contributed by atoms with Crippen molar-refractivity contribution in [2.45, 2.75) is 12.5 Å². The Balaban J connectivity index is 2.19. The molecular weight excluding hydrogens is 314 g/mol. The van der Waals surface area contributed by atoms with Crippen LogP contribution in [0.4, 0.5) is 0 Å². The van der Waals surface area contributed by atoms with Crippen molar-refractivity contribution in [1.82, 2.24) is 5.32 Å². The lowest BCUT2D eigenvalue weighted by atomic mass is 9.97. The minimum absolute atomic E-state index is 0.212. The smallest absolute Gasteiger partial charge is 0.0574 e. The fourth-order valence-corrected chi connectivity index (χ4v) is 2.73. The fraction of sp³-hybridized carbons (Fsp3) is 0.294. The Morgan fingerprint density at radius 3 is 2.45 bits per heavy atom. The van der Waals surface area contributed by atoms with E-state index in [0.717, 1.165) is 17.5 Å². The Labute approximate surface area is 129 Å². The van der Waals surface area contributed by atoms with Crippen LogP contribution in [0.2, 0.25) is 0 Å². The average molecular weight is 334 g/mol. The van der Waals surface area contributed by atoms with Crippen molar-refractivity contribution in [2.24, 2.45) is 0 Å². The molecule has 2 aromatic rings. The van der Waals surface area contributed by atoms with E-state index in [2.05, 4.69) is 63.7 Å². The largest absolute Gasteiger partial charge is 0.384 e. The molecular formula is C17H20BrNO. The first-order valence-electron chi connectivity index (χ1n) is 6.75. The van der Waals surface area contributed by atoms with Gasteiger partial charge in [0.2, 0.25) is 0 Å². The Bertz CT molecular complexity index is 539. The number of nitrogens with one attached hydrogen (secondary N) is 1. The van der Waals surface area contributed by atoms with Crippen LogP contribution in [-0.2, 0) is 11.2 Å². The number of halogens is 1. The van der Waals surface area contributed by atoms with Crippen LogP contribution < -0.4 is 5.32 Å². The third-order valence-corrected chi connectivity index (χ3v) is 3.87. The van der Waals surface area contributed by atoms with E-state index in [9.17, 15) is 0 Å². The number of hydrogen-bond donors (Lipinski definition) is 1. The van der Waals surface area contributed by atoms with Gasteiger partial charge < -0.3 is 10.1 Å². The zero-order valence-electron chi connectivity index (χ0n) is 11.9. The Morgan fingerprint density at radius 1 is 1.10 bits per heavy atom. The highest BCUT2D eigenvalue weighted by atomic mass is 79.9. The van der Waals surface area contributed by atoms with Gasteiger partial charge in [0.05, 0.1) is 12.6 Å². The van der Waals surface area contributed by atoms with E-state index in [1.54, 1.807) is 7.11 Å². The molecule has 0 aliphatic carbocycles. The molecule has 2 aromatic carbocycles. The van der Waals surface area contributed by atoms with E-state index in [4.69, 9.17) is 4.74 Å². The van der Waals surface area contributed by atoms with Gasteiger partial charge in [-0.3, -0.25) is 0 Å². The highest BCUT2D eigenvalue weighted by molar-refractivity contribution is 9.10. The summed E-state index contributed by atoms with van der Waals surface area (Å²) in [7, 11) is 3.73. The molecule has 20 heavy (non-hydrogen) atoms. The molecule has 106 valence electrons. The summed E-state index contributed by atoms with van der Waals surface area (Å²) in [5, 5.41) is 3.38. The van der Waals surface area contributed by atoms with Crippen molar-refractivity contribution in [3.8, 4) is 0 Å². The molecule has 1 N–H and O–H groups in total. The third-order valence-electron chi connectivity index (χ3n) is 3.38. The Hall–Kier alpha value is -1.16. The quantitative estimate of drug-likeness (QED) is 0.864. The second-order valence-electron chi connectivity index (χ2n) is 4.76. The van der Waals surface area contributed by atoms with Crippen molar-refractivity contribution in [3.63, 3.8) is 0 Å². The monoisotopic (exact) mass is 333 g/mol. The van der Waals surface area contributed by atoms with Gasteiger partial charge in [-0.2, -0.15) is 0 Å². The summed E-state index contributed by atoms with van der Waals surface area (Å²) in [4.78, 5) is 0. The molecule has 0 saturated heterocycles. The van der Waals surface area contributed by atoms with Crippen LogP contribution in [0.5, 0.6) is 0 Å². The standard InChI is InChI=1S/C17H20BrNO/c1-19-17(15-4-3-5-16(18)12-15)14-8-6-13(7-9-14)10-11-20-2/h3-9,12,17,19H,10-11H2,1-2H3. The van der Waals surface area contributed by atoms with Crippen LogP contribution in [0.3, 0.4) is 0 Å². The summed E-state index contributed by atoms with van der Waals surface area (Å²) in [6.07, 6.45) is 0.956. The molecule has 0 radical (unpaired) electrons. The van der Waals surface area contributed by atoms with Gasteiger partial charge in [-0.1, -0.05) is 52.3 Å². The fourth-order valence-electron chi connectivity index (χ4n) is 2.31. The molecule has 0 aliphatic rings. The maximum Gasteiger partial charge on any atom is 0.0574 e. The van der Waals surface area contributed by atoms with Crippen LogP contribution in [-0.4, -0.2) is 20.8 Å². The number of ether oxygens (including phenoxy) is 1. The SMILES string of the molecule is CNC(c1ccc(CCOC)cc1)c1cccc(Br)c1. The molecule has 2 nitrogen and oxygen atoms in total. The summed E-state index contributed by atoms with van der Waals surface area (Å²) < 4.78 is 6.21. The van der Waals surface area contributed by atoms with Gasteiger partial charge in [0.1, 0.15) is 0 Å². The second-order valence-corrected chi connectivity index (χ2v) is 5.68. The van der Waals surface area contributed by atoms with Crippen LogP contribution in [0.15, 0.2) is 53.0 Å². The van der Waals surface area contributed by atoms with E-state index < -0.39 is 0 Å². The normalized spacial score (nSPS) is 12.3. The molecule has 0 aliphatic heterocycles. The Kier molecular flexibility index (Phi) is 5.77. The zero-order valence-corrected chi connectivity index (χ0v) is 13.5. The lowest BCUT2D eigenvalue weighted by molar-refractivity contribution is 0.202. The van der Waals surface area contributed by atoms with Gasteiger partial charge in [-0.05, 0) is 42.3 Å². The van der Waals surface area contributed by atoms with Gasteiger partial charge in [-0.15, -0.1) is 0 Å². The first kappa shape index (κ1) is 15.2. The van der Waals surface area contributed by atoms with Crippen molar-refractivity contribution >= 4 is 15.9 Å². The van der Waals surface area contributed by atoms with E-state index >= 15 is 0 Å². The van der Waals surface area contributed by atoms with Crippen molar-refractivity contribution in [3.05, 3.63) is 69.7 Å². The van der Waals surface area contributed by atoms with Crippen molar-refractivity contribution in [1.29, 1.82) is 0 Å². The molecule has 0 bridgehead atoms. The summed E-state index contributed by atoms with van der Waals surface area (Å²) in [5.74, 6) is 0. The first-order valence-corrected chi connectivity index (χ1v) is 7.54. The maximum absolute atomic E-state index is 5.11. The molecule has 2 rings (SSSR count). The predicted octanol–water partition coefficient (Wildman–Crippen LogP) is 3.95. The minimum Gasteiger partial charge on any atom is -0.384 e. The maximum atomic E-state index is 5.11. The van der Waals surface area contributed by atoms with Crippen LogP contribution in [0, 0.1) is 0 Å². The predicted molar refractivity (Wildman–Crippen MR) is 87.1 cm³/mol. The van der Waals surface area contributed by atoms with Gasteiger partial charge in [-0.25, -0.2) is 0 Å².